The van der Waals surface area contributed by atoms with Gasteiger partial charge in [0, 0.05) is 13.0 Å². The van der Waals surface area contributed by atoms with Crippen LogP contribution < -0.4 is 87.2 Å². The maximum atomic E-state index is 14.7. The van der Waals surface area contributed by atoms with Crippen LogP contribution in [0.15, 0.2) is 30.3 Å². The van der Waals surface area contributed by atoms with Crippen molar-refractivity contribution in [3.05, 3.63) is 35.9 Å². The molecule has 33 nitrogen and oxygen atoms in total. The first-order chi connectivity index (χ1) is 50.9. The lowest BCUT2D eigenvalue weighted by molar-refractivity contribution is -0.142. The largest absolute Gasteiger partial charge is 0.481 e. The molecule has 13 amide bonds. The average molecular weight is 1530 g/mol. The molecule has 23 N–H and O–H groups in total. The fourth-order valence-electron chi connectivity index (χ4n) is 12.5. The van der Waals surface area contributed by atoms with Gasteiger partial charge in [0.05, 0.1) is 12.6 Å². The van der Waals surface area contributed by atoms with Gasteiger partial charge in [0.15, 0.2) is 0 Å². The molecule has 612 valence electrons. The predicted octanol–water partition coefficient (Wildman–Crippen LogP) is -0.504. The topological polar surface area (TPSA) is 545 Å². The van der Waals surface area contributed by atoms with E-state index in [4.69, 9.17) is 28.7 Å². The number of hydrogen-bond acceptors (Lipinski definition) is 19. The summed E-state index contributed by atoms with van der Waals surface area (Å²) in [5.41, 5.74) is 30.3. The number of likely N-dealkylation sites (tertiary alicyclic amines) is 1. The summed E-state index contributed by atoms with van der Waals surface area (Å²) < 4.78 is 0. The van der Waals surface area contributed by atoms with Crippen LogP contribution in [0.4, 0.5) is 0 Å². The molecule has 1 aromatic rings. The molecule has 13 atom stereocenters. The molecule has 2 rings (SSSR count). The van der Waals surface area contributed by atoms with Gasteiger partial charge in [-0.25, -0.2) is 0 Å². The van der Waals surface area contributed by atoms with Gasteiger partial charge in [-0.15, -0.1) is 0 Å². The Balaban J connectivity index is 2.44. The van der Waals surface area contributed by atoms with E-state index in [0.717, 1.165) is 5.56 Å². The quantitative estimate of drug-likeness (QED) is 0.0366. The molecule has 1 heterocycles. The Morgan fingerprint density at radius 3 is 1.17 bits per heavy atom. The zero-order valence-electron chi connectivity index (χ0n) is 65.8. The number of amides is 13. The second-order valence-electron chi connectivity index (χ2n) is 30.8. The van der Waals surface area contributed by atoms with Gasteiger partial charge >= 0.3 is 5.97 Å². The summed E-state index contributed by atoms with van der Waals surface area (Å²) in [6, 6.07) is -7.47. The zero-order chi connectivity index (χ0) is 81.5. The summed E-state index contributed by atoms with van der Waals surface area (Å²) in [5.74, 6) is -13.0. The van der Waals surface area contributed by atoms with Crippen LogP contribution in [0, 0.1) is 35.5 Å². The van der Waals surface area contributed by atoms with E-state index in [1.807, 2.05) is 58.0 Å². The molecule has 33 heteroatoms. The van der Waals surface area contributed by atoms with E-state index in [9.17, 15) is 77.3 Å². The number of nitrogens with zero attached hydrogens (tertiary/aromatic N) is 1. The molecular formula is C75H131N17O16. The number of aliphatic hydroxyl groups excluding tert-OH is 1. The van der Waals surface area contributed by atoms with E-state index in [1.165, 1.54) is 4.90 Å². The van der Waals surface area contributed by atoms with Gasteiger partial charge in [-0.2, -0.15) is 0 Å². The molecule has 1 aliphatic rings. The molecule has 0 saturated carbocycles. The number of unbranched alkanes of at least 4 members (excludes halogenated alkanes) is 3. The Bertz CT molecular complexity index is 3050. The van der Waals surface area contributed by atoms with Crippen molar-refractivity contribution in [1.29, 1.82) is 0 Å². The summed E-state index contributed by atoms with van der Waals surface area (Å²) in [7, 11) is 0. The van der Waals surface area contributed by atoms with Gasteiger partial charge in [0.1, 0.15) is 72.5 Å². The van der Waals surface area contributed by atoms with Crippen LogP contribution in [-0.2, 0) is 73.5 Å². The van der Waals surface area contributed by atoms with E-state index in [2.05, 4.69) is 58.5 Å². The highest BCUT2D eigenvalue weighted by Gasteiger charge is 2.42. The van der Waals surface area contributed by atoms with Gasteiger partial charge < -0.3 is 102 Å². The Morgan fingerprint density at radius 1 is 0.426 bits per heavy atom. The summed E-state index contributed by atoms with van der Waals surface area (Å²) >= 11 is 0. The number of aliphatic carboxylic acids is 1. The van der Waals surface area contributed by atoms with Crippen molar-refractivity contribution in [2.75, 3.05) is 32.8 Å². The minimum absolute atomic E-state index is 0.00409. The van der Waals surface area contributed by atoms with E-state index >= 15 is 0 Å². The van der Waals surface area contributed by atoms with E-state index in [-0.39, 0.29) is 120 Å². The lowest BCUT2D eigenvalue weighted by atomic mass is 9.99. The summed E-state index contributed by atoms with van der Waals surface area (Å²) in [5, 5.41) is 49.5. The number of hydrogen-bond donors (Lipinski definition) is 18. The fraction of sp³-hybridized carbons (Fsp3) is 0.733. The van der Waals surface area contributed by atoms with Crippen LogP contribution in [0.25, 0.3) is 0 Å². The molecule has 1 fully saturated rings. The first kappa shape index (κ1) is 95.7. The summed E-state index contributed by atoms with van der Waals surface area (Å²) in [6.45, 7) is 21.3. The van der Waals surface area contributed by atoms with Crippen molar-refractivity contribution in [3.8, 4) is 0 Å². The standard InChI is InChI=1S/C75H131N17O16/c1-42(2)35-54(63(80)96)85-69(102)55(36-43(3)4)87-67(100)53(29-30-61(94)95)82-72(105)59(41-93)90-71(104)57(38-45(7)8)88-70(103)56(37-44(5)6)86-66(99)50(25-16-19-31-76)81-65(98)51(26-17-20-32-77)84-74(107)62(47(11)12)91-68(101)52(27-18-21-33-78)83-73(106)60-28-22-34-92(60)75(108)58(39-46(9)10)89-64(97)49(79)40-48-23-14-13-15-24-48/h13-15,23-24,42-47,49-60,62,93H,16-22,25-41,76-79H2,1-12H3,(H2,80,96)(H,81,98)(H,82,105)(H,83,106)(H,84,107)(H,85,102)(H,86,99)(H,87,100)(H,88,103)(H,89,97)(H,90,104)(H,91,101)(H,94,95)/t49-,50-,51-,52-,53-,54-,55-,56-,57-,58-,59-,60-,62-/m0/s1. The molecule has 0 spiro atoms. The molecule has 0 unspecified atom stereocenters. The SMILES string of the molecule is CC(C)C[C@H](NC(=O)[C@H](CC(C)C)NC(=O)[C@H](CCC(=O)O)NC(=O)[C@H](CO)NC(=O)[C@H](CC(C)C)NC(=O)[C@H](CC(C)C)NC(=O)[C@H](CCCCN)NC(=O)[C@H](CCCCN)NC(=O)[C@@H](NC(=O)[C@H](CCCCN)NC(=O)[C@@H]1CCCN1C(=O)[C@H](CC(C)C)NC(=O)[C@@H](N)Cc1ccccc1)C(C)C)C(N)=O. The first-order valence-electron chi connectivity index (χ1n) is 38.5. The van der Waals surface area contributed by atoms with Crippen LogP contribution in [0.3, 0.4) is 0 Å². The molecule has 0 bridgehead atoms. The van der Waals surface area contributed by atoms with Crippen molar-refractivity contribution >= 4 is 82.8 Å². The van der Waals surface area contributed by atoms with Crippen LogP contribution in [-0.4, -0.2) is 209 Å². The Kier molecular flexibility index (Phi) is 44.6. The maximum Gasteiger partial charge on any atom is 0.303 e. The fourth-order valence-corrected chi connectivity index (χ4v) is 12.5. The molecule has 1 aliphatic heterocycles. The number of primary amides is 1. The Labute approximate surface area is 637 Å². The van der Waals surface area contributed by atoms with Gasteiger partial charge in [-0.3, -0.25) is 67.1 Å². The molecule has 1 saturated heterocycles. The van der Waals surface area contributed by atoms with Crippen LogP contribution >= 0.6 is 0 Å². The van der Waals surface area contributed by atoms with Crippen molar-refractivity contribution in [1.82, 2.24) is 63.4 Å². The minimum Gasteiger partial charge on any atom is -0.481 e. The first-order valence-corrected chi connectivity index (χ1v) is 38.5. The predicted molar refractivity (Wildman–Crippen MR) is 408 cm³/mol. The van der Waals surface area contributed by atoms with Crippen LogP contribution in [0.2, 0.25) is 0 Å². The molecule has 0 radical (unpaired) electrons. The number of nitrogens with one attached hydrogen (secondary N) is 11. The van der Waals surface area contributed by atoms with Crippen molar-refractivity contribution in [3.63, 3.8) is 0 Å². The number of carbonyl (C=O) groups excluding carboxylic acids is 13. The molecule has 108 heavy (non-hydrogen) atoms. The van der Waals surface area contributed by atoms with E-state index in [1.54, 1.807) is 55.4 Å². The third kappa shape index (κ3) is 35.8. The van der Waals surface area contributed by atoms with Crippen LogP contribution in [0.5, 0.6) is 0 Å². The zero-order valence-corrected chi connectivity index (χ0v) is 65.8. The second-order valence-corrected chi connectivity index (χ2v) is 30.8. The number of carboxylic acids is 1. The molecule has 0 aliphatic carbocycles. The number of benzene rings is 1. The number of rotatable bonds is 53. The number of carbonyl (C=O) groups is 14. The number of aliphatic hydroxyl groups is 1. The van der Waals surface area contributed by atoms with Crippen molar-refractivity contribution in [2.24, 2.45) is 64.2 Å². The third-order valence-corrected chi connectivity index (χ3v) is 18.3. The highest BCUT2D eigenvalue weighted by molar-refractivity contribution is 6.00. The van der Waals surface area contributed by atoms with Crippen molar-refractivity contribution < 1.29 is 77.3 Å². The number of nitrogens with two attached hydrogens (primary N) is 5. The van der Waals surface area contributed by atoms with Gasteiger partial charge in [-0.1, -0.05) is 113 Å². The smallest absolute Gasteiger partial charge is 0.303 e. The number of carboxylic acid groups (broad SMARTS) is 1. The van der Waals surface area contributed by atoms with Gasteiger partial charge in [0.2, 0.25) is 76.8 Å². The molecular weight excluding hydrogens is 1390 g/mol. The normalized spacial score (nSPS) is 16.3. The van der Waals surface area contributed by atoms with Crippen LogP contribution in [0.1, 0.15) is 204 Å². The Hall–Kier alpha value is -8.40. The highest BCUT2D eigenvalue weighted by Crippen LogP contribution is 2.23. The van der Waals surface area contributed by atoms with Gasteiger partial charge in [-0.05, 0) is 176 Å². The second kappa shape index (κ2) is 50.3. The Morgan fingerprint density at radius 2 is 0.769 bits per heavy atom. The molecule has 1 aromatic carbocycles. The minimum atomic E-state index is -1.79. The monoisotopic (exact) mass is 1530 g/mol. The highest BCUT2D eigenvalue weighted by atomic mass is 16.4. The average Bonchev–Trinajstić information content (AvgIpc) is 1.62. The van der Waals surface area contributed by atoms with E-state index < -0.39 is 187 Å². The van der Waals surface area contributed by atoms with E-state index in [0.29, 0.717) is 44.9 Å². The third-order valence-electron chi connectivity index (χ3n) is 18.3. The van der Waals surface area contributed by atoms with Crippen molar-refractivity contribution in [2.45, 2.75) is 284 Å². The summed E-state index contributed by atoms with van der Waals surface area (Å²) in [6.07, 6.45) is 2.79. The molecule has 0 aromatic heterocycles. The lowest BCUT2D eigenvalue weighted by Gasteiger charge is -2.31. The lowest BCUT2D eigenvalue weighted by Crippen LogP contribution is -2.61. The maximum absolute atomic E-state index is 14.7. The summed E-state index contributed by atoms with van der Waals surface area (Å²) in [4.78, 5) is 196. The van der Waals surface area contributed by atoms with Gasteiger partial charge in [0.25, 0.3) is 0 Å².